The molecule has 1 aromatic rings. The highest BCUT2D eigenvalue weighted by Crippen LogP contribution is 2.32. The fraction of sp³-hybridized carbons (Fsp3) is 0.500. The van der Waals surface area contributed by atoms with Crippen LogP contribution in [0.3, 0.4) is 0 Å². The Morgan fingerprint density at radius 3 is 2.93 bits per heavy atom. The van der Waals surface area contributed by atoms with Crippen LogP contribution in [-0.4, -0.2) is 13.7 Å². The van der Waals surface area contributed by atoms with Crippen LogP contribution in [0.1, 0.15) is 30.9 Å². The molecule has 0 aromatic heterocycles. The standard InChI is InChI=1S/C12H16BrNO/c1-15-12-8-9(13)5-6-10(12)11-4-2-3-7-14-11/h5-6,8,11,14H,2-4,7H2,1H3/t11-/m0/s1. The normalized spacial score (nSPS) is 21.3. The highest BCUT2D eigenvalue weighted by molar-refractivity contribution is 9.10. The maximum atomic E-state index is 5.41. The summed E-state index contributed by atoms with van der Waals surface area (Å²) in [7, 11) is 1.73. The fourth-order valence-electron chi connectivity index (χ4n) is 2.09. The highest BCUT2D eigenvalue weighted by Gasteiger charge is 2.18. The average molecular weight is 270 g/mol. The van der Waals surface area contributed by atoms with Gasteiger partial charge in [-0.05, 0) is 31.5 Å². The summed E-state index contributed by atoms with van der Waals surface area (Å²) in [6.07, 6.45) is 3.80. The third kappa shape index (κ3) is 2.52. The summed E-state index contributed by atoms with van der Waals surface area (Å²) < 4.78 is 6.48. The van der Waals surface area contributed by atoms with Gasteiger partial charge in [0, 0.05) is 16.1 Å². The van der Waals surface area contributed by atoms with Gasteiger partial charge >= 0.3 is 0 Å². The molecule has 0 aliphatic carbocycles. The number of halogens is 1. The largest absolute Gasteiger partial charge is 0.496 e. The van der Waals surface area contributed by atoms with E-state index in [4.69, 9.17) is 4.74 Å². The summed E-state index contributed by atoms with van der Waals surface area (Å²) in [5.74, 6) is 0.976. The van der Waals surface area contributed by atoms with E-state index in [2.05, 4.69) is 33.4 Å². The van der Waals surface area contributed by atoms with Crippen molar-refractivity contribution in [2.75, 3.05) is 13.7 Å². The number of nitrogens with one attached hydrogen (secondary N) is 1. The van der Waals surface area contributed by atoms with E-state index in [1.807, 2.05) is 6.07 Å². The zero-order valence-electron chi connectivity index (χ0n) is 8.92. The first-order chi connectivity index (χ1) is 7.31. The van der Waals surface area contributed by atoms with Crippen LogP contribution in [0.2, 0.25) is 0 Å². The second-order valence-corrected chi connectivity index (χ2v) is 4.80. The van der Waals surface area contributed by atoms with E-state index in [1.54, 1.807) is 7.11 Å². The van der Waals surface area contributed by atoms with Crippen LogP contribution in [0.4, 0.5) is 0 Å². The number of ether oxygens (including phenoxy) is 1. The van der Waals surface area contributed by atoms with E-state index in [1.165, 1.54) is 24.8 Å². The summed E-state index contributed by atoms with van der Waals surface area (Å²) in [5, 5.41) is 3.53. The molecule has 3 heteroatoms. The van der Waals surface area contributed by atoms with Crippen LogP contribution >= 0.6 is 15.9 Å². The van der Waals surface area contributed by atoms with E-state index in [-0.39, 0.29) is 0 Å². The van der Waals surface area contributed by atoms with Gasteiger partial charge in [0.15, 0.2) is 0 Å². The van der Waals surface area contributed by atoms with Crippen LogP contribution < -0.4 is 10.1 Å². The first-order valence-electron chi connectivity index (χ1n) is 5.38. The molecule has 1 heterocycles. The number of benzene rings is 1. The molecule has 0 saturated carbocycles. The summed E-state index contributed by atoms with van der Waals surface area (Å²) in [6, 6.07) is 6.72. The van der Waals surface area contributed by atoms with Crippen LogP contribution in [0.5, 0.6) is 5.75 Å². The van der Waals surface area contributed by atoms with Gasteiger partial charge in [0.2, 0.25) is 0 Å². The molecule has 2 nitrogen and oxygen atoms in total. The van der Waals surface area contributed by atoms with E-state index in [0.717, 1.165) is 16.8 Å². The number of piperidine rings is 1. The molecule has 1 aromatic carbocycles. The molecule has 1 aliphatic heterocycles. The van der Waals surface area contributed by atoms with Crippen molar-refractivity contribution in [2.24, 2.45) is 0 Å². The van der Waals surface area contributed by atoms with Crippen molar-refractivity contribution in [3.05, 3.63) is 28.2 Å². The Balaban J connectivity index is 2.25. The van der Waals surface area contributed by atoms with Crippen molar-refractivity contribution in [3.8, 4) is 5.75 Å². The summed E-state index contributed by atoms with van der Waals surface area (Å²) in [4.78, 5) is 0. The number of rotatable bonds is 2. The van der Waals surface area contributed by atoms with Crippen molar-refractivity contribution in [2.45, 2.75) is 25.3 Å². The van der Waals surface area contributed by atoms with Gasteiger partial charge in [0.1, 0.15) is 5.75 Å². The predicted molar refractivity (Wildman–Crippen MR) is 65.3 cm³/mol. The van der Waals surface area contributed by atoms with Crippen molar-refractivity contribution < 1.29 is 4.74 Å². The van der Waals surface area contributed by atoms with Gasteiger partial charge in [0.25, 0.3) is 0 Å². The minimum absolute atomic E-state index is 0.460. The average Bonchev–Trinajstić information content (AvgIpc) is 2.30. The minimum Gasteiger partial charge on any atom is -0.496 e. The second kappa shape index (κ2) is 4.99. The van der Waals surface area contributed by atoms with Crippen LogP contribution in [0.15, 0.2) is 22.7 Å². The van der Waals surface area contributed by atoms with Gasteiger partial charge in [-0.2, -0.15) is 0 Å². The Hall–Kier alpha value is -0.540. The Morgan fingerprint density at radius 1 is 1.40 bits per heavy atom. The van der Waals surface area contributed by atoms with E-state index >= 15 is 0 Å². The first kappa shape index (κ1) is 11.0. The van der Waals surface area contributed by atoms with Gasteiger partial charge in [-0.15, -0.1) is 0 Å². The summed E-state index contributed by atoms with van der Waals surface area (Å²) in [6.45, 7) is 1.11. The molecular formula is C12H16BrNO. The number of hydrogen-bond donors (Lipinski definition) is 1. The minimum atomic E-state index is 0.460. The predicted octanol–water partition coefficient (Wildman–Crippen LogP) is 3.27. The third-order valence-electron chi connectivity index (χ3n) is 2.88. The lowest BCUT2D eigenvalue weighted by atomic mass is 9.97. The van der Waals surface area contributed by atoms with E-state index in [0.29, 0.717) is 6.04 Å². The van der Waals surface area contributed by atoms with Crippen molar-refractivity contribution in [3.63, 3.8) is 0 Å². The van der Waals surface area contributed by atoms with Gasteiger partial charge in [-0.3, -0.25) is 0 Å². The molecule has 2 rings (SSSR count). The van der Waals surface area contributed by atoms with Crippen molar-refractivity contribution in [1.82, 2.24) is 5.32 Å². The second-order valence-electron chi connectivity index (χ2n) is 3.89. The number of hydrogen-bond acceptors (Lipinski definition) is 2. The lowest BCUT2D eigenvalue weighted by molar-refractivity contribution is 0.373. The Morgan fingerprint density at radius 2 is 2.27 bits per heavy atom. The SMILES string of the molecule is COc1cc(Br)ccc1[C@@H]1CCCCN1. The molecule has 1 fully saturated rings. The van der Waals surface area contributed by atoms with Crippen molar-refractivity contribution in [1.29, 1.82) is 0 Å². The molecule has 82 valence electrons. The van der Waals surface area contributed by atoms with Crippen LogP contribution in [-0.2, 0) is 0 Å². The molecule has 1 aliphatic rings. The lowest BCUT2D eigenvalue weighted by Gasteiger charge is -2.25. The quantitative estimate of drug-likeness (QED) is 0.890. The monoisotopic (exact) mass is 269 g/mol. The molecule has 0 amide bonds. The molecule has 1 N–H and O–H groups in total. The highest BCUT2D eigenvalue weighted by atomic mass is 79.9. The molecule has 1 saturated heterocycles. The molecule has 0 spiro atoms. The maximum Gasteiger partial charge on any atom is 0.124 e. The number of methoxy groups -OCH3 is 1. The zero-order chi connectivity index (χ0) is 10.7. The lowest BCUT2D eigenvalue weighted by Crippen LogP contribution is -2.27. The zero-order valence-corrected chi connectivity index (χ0v) is 10.5. The third-order valence-corrected chi connectivity index (χ3v) is 3.37. The Kier molecular flexibility index (Phi) is 3.65. The van der Waals surface area contributed by atoms with Crippen molar-refractivity contribution >= 4 is 15.9 Å². The molecule has 15 heavy (non-hydrogen) atoms. The van der Waals surface area contributed by atoms with Crippen LogP contribution in [0.25, 0.3) is 0 Å². The Labute approximate surface area is 99.1 Å². The molecule has 0 unspecified atom stereocenters. The first-order valence-corrected chi connectivity index (χ1v) is 6.17. The molecule has 1 atom stereocenters. The maximum absolute atomic E-state index is 5.41. The molecule has 0 radical (unpaired) electrons. The molecular weight excluding hydrogens is 254 g/mol. The van der Waals surface area contributed by atoms with Gasteiger partial charge < -0.3 is 10.1 Å². The Bertz CT molecular complexity index is 334. The van der Waals surface area contributed by atoms with Crippen LogP contribution in [0, 0.1) is 0 Å². The van der Waals surface area contributed by atoms with Gasteiger partial charge in [-0.25, -0.2) is 0 Å². The molecule has 0 bridgehead atoms. The topological polar surface area (TPSA) is 21.3 Å². The smallest absolute Gasteiger partial charge is 0.124 e. The summed E-state index contributed by atoms with van der Waals surface area (Å²) >= 11 is 3.46. The van der Waals surface area contributed by atoms with E-state index in [9.17, 15) is 0 Å². The fourth-order valence-corrected chi connectivity index (χ4v) is 2.43. The van der Waals surface area contributed by atoms with Gasteiger partial charge in [-0.1, -0.05) is 28.4 Å². The summed E-state index contributed by atoms with van der Waals surface area (Å²) in [5.41, 5.74) is 1.28. The van der Waals surface area contributed by atoms with Gasteiger partial charge in [0.05, 0.1) is 7.11 Å². The van der Waals surface area contributed by atoms with E-state index < -0.39 is 0 Å².